The number of aromatic nitrogens is 2. The van der Waals surface area contributed by atoms with Crippen LogP contribution in [0.4, 0.5) is 11.5 Å². The first kappa shape index (κ1) is 12.1. The first-order valence-electron chi connectivity index (χ1n) is 4.63. The molecule has 2 aromatic rings. The zero-order valence-corrected chi connectivity index (χ0v) is 11.7. The summed E-state index contributed by atoms with van der Waals surface area (Å²) in [4.78, 5) is 11.8. The molecule has 0 radical (unpaired) electrons. The van der Waals surface area contributed by atoms with Gasteiger partial charge in [0.25, 0.3) is 5.91 Å². The van der Waals surface area contributed by atoms with Crippen LogP contribution in [0.3, 0.4) is 0 Å². The fourth-order valence-electron chi connectivity index (χ4n) is 1.23. The minimum Gasteiger partial charge on any atom is -0.382 e. The van der Waals surface area contributed by atoms with Gasteiger partial charge in [-0.25, -0.2) is 0 Å². The number of anilines is 2. The van der Waals surface area contributed by atoms with E-state index in [1.807, 2.05) is 12.1 Å². The molecule has 0 saturated carbocycles. The van der Waals surface area contributed by atoms with Crippen LogP contribution in [0.15, 0.2) is 33.2 Å². The van der Waals surface area contributed by atoms with Crippen LogP contribution in [0.1, 0.15) is 10.5 Å². The highest BCUT2D eigenvalue weighted by molar-refractivity contribution is 9.11. The number of H-pyrrole nitrogens is 1. The predicted octanol–water partition coefficient (Wildman–Crippen LogP) is 2.77. The van der Waals surface area contributed by atoms with Crippen molar-refractivity contribution < 1.29 is 4.79 Å². The Morgan fingerprint density at radius 2 is 2.12 bits per heavy atom. The Morgan fingerprint density at radius 3 is 2.71 bits per heavy atom. The van der Waals surface area contributed by atoms with E-state index in [2.05, 4.69) is 47.4 Å². The van der Waals surface area contributed by atoms with E-state index in [1.165, 1.54) is 6.07 Å². The van der Waals surface area contributed by atoms with Crippen LogP contribution in [0.25, 0.3) is 0 Å². The van der Waals surface area contributed by atoms with Crippen molar-refractivity contribution >= 4 is 49.3 Å². The number of carbonyl (C=O) groups excluding carboxylic acids is 1. The fourth-order valence-corrected chi connectivity index (χ4v) is 2.38. The molecule has 1 aromatic heterocycles. The summed E-state index contributed by atoms with van der Waals surface area (Å²) in [5.74, 6) is -0.0118. The molecule has 0 saturated heterocycles. The van der Waals surface area contributed by atoms with Gasteiger partial charge in [0.2, 0.25) is 0 Å². The van der Waals surface area contributed by atoms with Crippen LogP contribution in [0.5, 0.6) is 0 Å². The van der Waals surface area contributed by atoms with E-state index in [0.29, 0.717) is 11.4 Å². The maximum absolute atomic E-state index is 11.8. The normalized spacial score (nSPS) is 10.2. The van der Waals surface area contributed by atoms with Crippen molar-refractivity contribution in [1.82, 2.24) is 10.2 Å². The van der Waals surface area contributed by atoms with Gasteiger partial charge in [-0.1, -0.05) is 15.9 Å². The SMILES string of the molecule is Nc1cc(C(=O)Nc2ccc(Br)cc2Br)[nH]n1. The minimum absolute atomic E-state index is 0.282. The lowest BCUT2D eigenvalue weighted by atomic mass is 10.3. The van der Waals surface area contributed by atoms with E-state index >= 15 is 0 Å². The van der Waals surface area contributed by atoms with Gasteiger partial charge in [0.05, 0.1) is 5.69 Å². The largest absolute Gasteiger partial charge is 0.382 e. The highest BCUT2D eigenvalue weighted by atomic mass is 79.9. The van der Waals surface area contributed by atoms with Gasteiger partial charge in [0.15, 0.2) is 0 Å². The number of rotatable bonds is 2. The molecule has 0 bridgehead atoms. The number of aromatic amines is 1. The van der Waals surface area contributed by atoms with E-state index in [-0.39, 0.29) is 11.7 Å². The smallest absolute Gasteiger partial charge is 0.273 e. The van der Waals surface area contributed by atoms with Gasteiger partial charge in [-0.2, -0.15) is 5.10 Å². The lowest BCUT2D eigenvalue weighted by Crippen LogP contribution is -2.12. The van der Waals surface area contributed by atoms with Crippen LogP contribution >= 0.6 is 31.9 Å². The molecule has 0 spiro atoms. The van der Waals surface area contributed by atoms with E-state index in [0.717, 1.165) is 8.95 Å². The molecule has 0 unspecified atom stereocenters. The first-order chi connectivity index (χ1) is 8.06. The molecule has 17 heavy (non-hydrogen) atoms. The standard InChI is InChI=1S/C10H8Br2N4O/c11-5-1-2-7(6(12)3-5)14-10(17)8-4-9(13)16-15-8/h1-4H,(H,14,17)(H3,13,15,16). The molecule has 2 rings (SSSR count). The zero-order valence-electron chi connectivity index (χ0n) is 8.50. The zero-order chi connectivity index (χ0) is 12.4. The number of halogens is 2. The summed E-state index contributed by atoms with van der Waals surface area (Å²) in [6.07, 6.45) is 0. The molecule has 1 heterocycles. The summed E-state index contributed by atoms with van der Waals surface area (Å²) in [5.41, 5.74) is 6.41. The maximum Gasteiger partial charge on any atom is 0.273 e. The third kappa shape index (κ3) is 2.86. The molecule has 5 nitrogen and oxygen atoms in total. The molecule has 0 aliphatic rings. The molecular weight excluding hydrogens is 352 g/mol. The van der Waals surface area contributed by atoms with Crippen LogP contribution in [-0.4, -0.2) is 16.1 Å². The van der Waals surface area contributed by atoms with E-state index in [1.54, 1.807) is 6.07 Å². The van der Waals surface area contributed by atoms with Crippen LogP contribution < -0.4 is 11.1 Å². The highest BCUT2D eigenvalue weighted by Crippen LogP contribution is 2.26. The Labute approximate surface area is 114 Å². The second kappa shape index (κ2) is 4.89. The van der Waals surface area contributed by atoms with Gasteiger partial charge in [0.1, 0.15) is 11.5 Å². The second-order valence-corrected chi connectivity index (χ2v) is 5.05. The molecule has 4 N–H and O–H groups in total. The second-order valence-electron chi connectivity index (χ2n) is 3.28. The summed E-state index contributed by atoms with van der Waals surface area (Å²) < 4.78 is 1.71. The molecule has 0 fully saturated rings. The fraction of sp³-hybridized carbons (Fsp3) is 0. The Bertz CT molecular complexity index is 567. The van der Waals surface area contributed by atoms with Crippen molar-refractivity contribution in [3.05, 3.63) is 38.9 Å². The summed E-state index contributed by atoms with van der Waals surface area (Å²) in [5, 5.41) is 8.97. The number of benzene rings is 1. The number of nitrogen functional groups attached to an aromatic ring is 1. The molecule has 88 valence electrons. The van der Waals surface area contributed by atoms with Crippen molar-refractivity contribution in [3.8, 4) is 0 Å². The highest BCUT2D eigenvalue weighted by Gasteiger charge is 2.10. The molecule has 0 atom stereocenters. The minimum atomic E-state index is -0.294. The van der Waals surface area contributed by atoms with Crippen molar-refractivity contribution in [2.75, 3.05) is 11.1 Å². The van der Waals surface area contributed by atoms with Crippen LogP contribution in [-0.2, 0) is 0 Å². The average Bonchev–Trinajstić information content (AvgIpc) is 2.69. The molecule has 7 heteroatoms. The van der Waals surface area contributed by atoms with Gasteiger partial charge in [0, 0.05) is 15.0 Å². The Morgan fingerprint density at radius 1 is 1.35 bits per heavy atom. The number of carbonyl (C=O) groups is 1. The molecule has 0 aliphatic carbocycles. The number of nitrogens with one attached hydrogen (secondary N) is 2. The van der Waals surface area contributed by atoms with Gasteiger partial charge in [-0.05, 0) is 34.1 Å². The molecule has 1 aromatic carbocycles. The number of amides is 1. The first-order valence-corrected chi connectivity index (χ1v) is 6.22. The summed E-state index contributed by atoms with van der Waals surface area (Å²) in [7, 11) is 0. The lowest BCUT2D eigenvalue weighted by Gasteiger charge is -2.06. The number of hydrogen-bond donors (Lipinski definition) is 3. The molecular formula is C10H8Br2N4O. The van der Waals surface area contributed by atoms with E-state index < -0.39 is 0 Å². The Balaban J connectivity index is 2.18. The monoisotopic (exact) mass is 358 g/mol. The summed E-state index contributed by atoms with van der Waals surface area (Å²) >= 11 is 6.69. The van der Waals surface area contributed by atoms with Crippen molar-refractivity contribution in [3.63, 3.8) is 0 Å². The third-order valence-electron chi connectivity index (χ3n) is 2.02. The summed E-state index contributed by atoms with van der Waals surface area (Å²) in [6, 6.07) is 6.94. The van der Waals surface area contributed by atoms with Crippen molar-refractivity contribution in [1.29, 1.82) is 0 Å². The van der Waals surface area contributed by atoms with E-state index in [9.17, 15) is 4.79 Å². The molecule has 0 aliphatic heterocycles. The van der Waals surface area contributed by atoms with Gasteiger partial charge in [-0.3, -0.25) is 9.89 Å². The topological polar surface area (TPSA) is 83.8 Å². The number of nitrogens with zero attached hydrogens (tertiary/aromatic N) is 1. The van der Waals surface area contributed by atoms with Gasteiger partial charge >= 0.3 is 0 Å². The van der Waals surface area contributed by atoms with E-state index in [4.69, 9.17) is 5.73 Å². The average molecular weight is 360 g/mol. The maximum atomic E-state index is 11.8. The van der Waals surface area contributed by atoms with Crippen molar-refractivity contribution in [2.24, 2.45) is 0 Å². The summed E-state index contributed by atoms with van der Waals surface area (Å²) in [6.45, 7) is 0. The quantitative estimate of drug-likeness (QED) is 0.770. The number of nitrogens with two attached hydrogens (primary N) is 1. The lowest BCUT2D eigenvalue weighted by molar-refractivity contribution is 0.102. The Hall–Kier alpha value is -1.34. The van der Waals surface area contributed by atoms with Gasteiger partial charge < -0.3 is 11.1 Å². The predicted molar refractivity (Wildman–Crippen MR) is 72.8 cm³/mol. The molecule has 1 amide bonds. The Kier molecular flexibility index (Phi) is 3.49. The number of hydrogen-bond acceptors (Lipinski definition) is 3. The van der Waals surface area contributed by atoms with Crippen LogP contribution in [0.2, 0.25) is 0 Å². The van der Waals surface area contributed by atoms with Gasteiger partial charge in [-0.15, -0.1) is 0 Å². The van der Waals surface area contributed by atoms with Crippen molar-refractivity contribution in [2.45, 2.75) is 0 Å². The third-order valence-corrected chi connectivity index (χ3v) is 3.17. The van der Waals surface area contributed by atoms with Crippen LogP contribution in [0, 0.1) is 0 Å².